The van der Waals surface area contributed by atoms with Crippen molar-refractivity contribution in [1.82, 2.24) is 5.32 Å². The quantitative estimate of drug-likeness (QED) is 0.582. The third-order valence-corrected chi connectivity index (χ3v) is 1.88. The molecule has 0 aromatic heterocycles. The SMILES string of the molecule is COC(CN)CC(=O)NCC(O)C(F)(F)F. The summed E-state index contributed by atoms with van der Waals surface area (Å²) in [7, 11) is 1.34. The molecule has 0 aliphatic heterocycles. The van der Waals surface area contributed by atoms with Gasteiger partial charge in [-0.2, -0.15) is 13.2 Å². The molecule has 0 aromatic rings. The van der Waals surface area contributed by atoms with Gasteiger partial charge in [-0.15, -0.1) is 0 Å². The zero-order valence-electron chi connectivity index (χ0n) is 8.75. The molecule has 0 aliphatic carbocycles. The van der Waals surface area contributed by atoms with Gasteiger partial charge in [0.25, 0.3) is 0 Å². The standard InChI is InChI=1S/C8H15F3N2O3/c1-16-5(3-12)2-7(15)13-4-6(14)8(9,10)11/h5-6,14H,2-4,12H2,1H3,(H,13,15). The average molecular weight is 244 g/mol. The number of hydrogen-bond acceptors (Lipinski definition) is 4. The van der Waals surface area contributed by atoms with E-state index >= 15 is 0 Å². The van der Waals surface area contributed by atoms with Gasteiger partial charge >= 0.3 is 6.18 Å². The van der Waals surface area contributed by atoms with Gasteiger partial charge in [-0.05, 0) is 0 Å². The van der Waals surface area contributed by atoms with E-state index in [4.69, 9.17) is 15.6 Å². The lowest BCUT2D eigenvalue weighted by atomic mass is 10.2. The molecule has 0 aromatic carbocycles. The minimum atomic E-state index is -4.73. The number of carbonyl (C=O) groups is 1. The molecule has 4 N–H and O–H groups in total. The molecule has 2 atom stereocenters. The van der Waals surface area contributed by atoms with Crippen molar-refractivity contribution in [2.24, 2.45) is 5.73 Å². The predicted octanol–water partition coefficient (Wildman–Crippen LogP) is -0.610. The van der Waals surface area contributed by atoms with Crippen molar-refractivity contribution in [3.8, 4) is 0 Å². The highest BCUT2D eigenvalue weighted by atomic mass is 19.4. The largest absolute Gasteiger partial charge is 0.416 e. The number of nitrogens with two attached hydrogens (primary N) is 1. The van der Waals surface area contributed by atoms with Gasteiger partial charge in [0.15, 0.2) is 6.10 Å². The van der Waals surface area contributed by atoms with E-state index in [1.54, 1.807) is 0 Å². The molecule has 96 valence electrons. The normalized spacial score (nSPS) is 15.6. The summed E-state index contributed by atoms with van der Waals surface area (Å²) in [4.78, 5) is 11.1. The Morgan fingerprint density at radius 2 is 2.12 bits per heavy atom. The Balaban J connectivity index is 3.90. The predicted molar refractivity (Wildman–Crippen MR) is 49.5 cm³/mol. The molecule has 0 spiro atoms. The summed E-state index contributed by atoms with van der Waals surface area (Å²) in [5.74, 6) is -0.652. The number of amides is 1. The highest BCUT2D eigenvalue weighted by molar-refractivity contribution is 5.76. The molecule has 0 saturated heterocycles. The third-order valence-electron chi connectivity index (χ3n) is 1.88. The summed E-state index contributed by atoms with van der Waals surface area (Å²) in [5.41, 5.74) is 5.22. The number of ether oxygens (including phenoxy) is 1. The molecule has 0 heterocycles. The summed E-state index contributed by atoms with van der Waals surface area (Å²) in [6, 6.07) is 0. The molecule has 16 heavy (non-hydrogen) atoms. The van der Waals surface area contributed by atoms with E-state index in [2.05, 4.69) is 0 Å². The first kappa shape index (κ1) is 15.1. The number of alkyl halides is 3. The first-order valence-corrected chi connectivity index (χ1v) is 4.55. The van der Waals surface area contributed by atoms with Crippen LogP contribution < -0.4 is 11.1 Å². The smallest absolute Gasteiger partial charge is 0.382 e. The molecule has 0 aliphatic rings. The van der Waals surface area contributed by atoms with Crippen LogP contribution in [0.5, 0.6) is 0 Å². The van der Waals surface area contributed by atoms with E-state index in [0.29, 0.717) is 0 Å². The van der Waals surface area contributed by atoms with Gasteiger partial charge in [0.2, 0.25) is 5.91 Å². The summed E-state index contributed by atoms with van der Waals surface area (Å²) in [6.07, 6.45) is -7.97. The molecule has 0 radical (unpaired) electrons. The van der Waals surface area contributed by atoms with Crippen molar-refractivity contribution in [2.75, 3.05) is 20.2 Å². The monoisotopic (exact) mass is 244 g/mol. The fourth-order valence-corrected chi connectivity index (χ4v) is 0.868. The van der Waals surface area contributed by atoms with Gasteiger partial charge in [0.1, 0.15) is 0 Å². The van der Waals surface area contributed by atoms with Crippen LogP contribution >= 0.6 is 0 Å². The number of aliphatic hydroxyl groups excluding tert-OH is 1. The van der Waals surface area contributed by atoms with Crippen LogP contribution in [0.2, 0.25) is 0 Å². The Morgan fingerprint density at radius 3 is 2.50 bits per heavy atom. The molecule has 5 nitrogen and oxygen atoms in total. The molecule has 0 bridgehead atoms. The summed E-state index contributed by atoms with van der Waals surface area (Å²) in [5, 5.41) is 10.5. The van der Waals surface area contributed by atoms with Crippen molar-refractivity contribution in [2.45, 2.75) is 24.8 Å². The average Bonchev–Trinajstić information content (AvgIpc) is 2.20. The number of carbonyl (C=O) groups excluding carboxylic acids is 1. The minimum Gasteiger partial charge on any atom is -0.382 e. The van der Waals surface area contributed by atoms with E-state index in [0.717, 1.165) is 0 Å². The highest BCUT2D eigenvalue weighted by Gasteiger charge is 2.38. The minimum absolute atomic E-state index is 0.0890. The second-order valence-electron chi connectivity index (χ2n) is 3.16. The third kappa shape index (κ3) is 5.89. The van der Waals surface area contributed by atoms with Crippen molar-refractivity contribution < 1.29 is 27.8 Å². The van der Waals surface area contributed by atoms with E-state index < -0.39 is 30.8 Å². The number of aliphatic hydroxyl groups is 1. The van der Waals surface area contributed by atoms with Crippen molar-refractivity contribution in [3.63, 3.8) is 0 Å². The van der Waals surface area contributed by atoms with E-state index in [9.17, 15) is 18.0 Å². The summed E-state index contributed by atoms with van der Waals surface area (Å²) < 4.78 is 40.3. The molecule has 0 rings (SSSR count). The summed E-state index contributed by atoms with van der Waals surface area (Å²) in [6.45, 7) is -0.783. The van der Waals surface area contributed by atoms with Crippen LogP contribution in [0.15, 0.2) is 0 Å². The first-order valence-electron chi connectivity index (χ1n) is 4.55. The van der Waals surface area contributed by atoms with Gasteiger partial charge in [-0.25, -0.2) is 0 Å². The van der Waals surface area contributed by atoms with Gasteiger partial charge in [-0.3, -0.25) is 4.79 Å². The maximum Gasteiger partial charge on any atom is 0.416 e. The van der Waals surface area contributed by atoms with Crippen molar-refractivity contribution in [1.29, 1.82) is 0 Å². The number of nitrogens with one attached hydrogen (secondary N) is 1. The van der Waals surface area contributed by atoms with Gasteiger partial charge in [-0.1, -0.05) is 0 Å². The number of methoxy groups -OCH3 is 1. The fraction of sp³-hybridized carbons (Fsp3) is 0.875. The lowest BCUT2D eigenvalue weighted by Gasteiger charge is -2.16. The Bertz CT molecular complexity index is 219. The second-order valence-corrected chi connectivity index (χ2v) is 3.16. The fourth-order valence-electron chi connectivity index (χ4n) is 0.868. The Kier molecular flexibility index (Phi) is 6.31. The topological polar surface area (TPSA) is 84.6 Å². The number of hydrogen-bond donors (Lipinski definition) is 3. The molecular weight excluding hydrogens is 229 g/mol. The number of rotatable bonds is 6. The summed E-state index contributed by atoms with van der Waals surface area (Å²) >= 11 is 0. The van der Waals surface area contributed by atoms with Gasteiger partial charge in [0, 0.05) is 13.7 Å². The van der Waals surface area contributed by atoms with Crippen molar-refractivity contribution >= 4 is 5.91 Å². The van der Waals surface area contributed by atoms with Crippen molar-refractivity contribution in [3.05, 3.63) is 0 Å². The van der Waals surface area contributed by atoms with E-state index in [1.807, 2.05) is 5.32 Å². The number of halogens is 3. The molecular formula is C8H15F3N2O3. The zero-order chi connectivity index (χ0) is 12.8. The Hall–Kier alpha value is -0.860. The zero-order valence-corrected chi connectivity index (χ0v) is 8.75. The first-order chi connectivity index (χ1) is 7.31. The molecule has 0 fully saturated rings. The Labute approximate surface area is 90.7 Å². The molecule has 2 unspecified atom stereocenters. The van der Waals surface area contributed by atoms with Gasteiger partial charge in [0.05, 0.1) is 19.1 Å². The molecule has 8 heteroatoms. The lowest BCUT2D eigenvalue weighted by molar-refractivity contribution is -0.201. The van der Waals surface area contributed by atoms with Crippen LogP contribution in [-0.2, 0) is 9.53 Å². The van der Waals surface area contributed by atoms with Crippen LogP contribution in [0.4, 0.5) is 13.2 Å². The molecule has 1 amide bonds. The Morgan fingerprint density at radius 1 is 1.56 bits per heavy atom. The van der Waals surface area contributed by atoms with Gasteiger partial charge < -0.3 is 20.9 Å². The van der Waals surface area contributed by atoms with Crippen LogP contribution in [0.1, 0.15) is 6.42 Å². The van der Waals surface area contributed by atoms with Crippen LogP contribution in [0.25, 0.3) is 0 Å². The lowest BCUT2D eigenvalue weighted by Crippen LogP contribution is -2.42. The van der Waals surface area contributed by atoms with Crippen LogP contribution in [0.3, 0.4) is 0 Å². The second kappa shape index (κ2) is 6.66. The maximum absolute atomic E-state index is 11.8. The van der Waals surface area contributed by atoms with E-state index in [1.165, 1.54) is 7.11 Å². The van der Waals surface area contributed by atoms with Crippen LogP contribution in [-0.4, -0.2) is 49.6 Å². The highest BCUT2D eigenvalue weighted by Crippen LogP contribution is 2.19. The maximum atomic E-state index is 11.8. The van der Waals surface area contributed by atoms with E-state index in [-0.39, 0.29) is 13.0 Å². The molecule has 0 saturated carbocycles. The van der Waals surface area contributed by atoms with Crippen LogP contribution in [0, 0.1) is 0 Å².